The Bertz CT molecular complexity index is 297. The predicted molar refractivity (Wildman–Crippen MR) is 47.3 cm³/mol. The normalized spacial score (nSPS) is 9.69. The highest BCUT2D eigenvalue weighted by molar-refractivity contribution is 5.57. The van der Waals surface area contributed by atoms with Crippen LogP contribution in [0.5, 0.6) is 5.75 Å². The van der Waals surface area contributed by atoms with E-state index in [4.69, 9.17) is 4.74 Å². The van der Waals surface area contributed by atoms with Crippen molar-refractivity contribution in [3.05, 3.63) is 29.6 Å². The molecule has 0 bridgehead atoms. The van der Waals surface area contributed by atoms with Gasteiger partial charge in [0.1, 0.15) is 17.9 Å². The average Bonchev–Trinajstić information content (AvgIpc) is 2.10. The van der Waals surface area contributed by atoms with Gasteiger partial charge in [-0.1, -0.05) is 6.07 Å². The Kier molecular flexibility index (Phi) is 3.43. The third-order valence-electron chi connectivity index (χ3n) is 1.63. The highest BCUT2D eigenvalue weighted by atomic mass is 19.1. The molecule has 0 amide bonds. The van der Waals surface area contributed by atoms with Crippen LogP contribution in [0.2, 0.25) is 0 Å². The lowest BCUT2D eigenvalue weighted by Gasteiger charge is -2.07. The summed E-state index contributed by atoms with van der Waals surface area (Å²) in [4.78, 5) is 10.3. The Morgan fingerprint density at radius 3 is 2.92 bits per heavy atom. The third-order valence-corrected chi connectivity index (χ3v) is 1.63. The van der Waals surface area contributed by atoms with E-state index in [0.29, 0.717) is 12.4 Å². The molecule has 2 nitrogen and oxygen atoms in total. The molecule has 13 heavy (non-hydrogen) atoms. The van der Waals surface area contributed by atoms with Gasteiger partial charge in [-0.15, -0.1) is 0 Å². The van der Waals surface area contributed by atoms with Crippen LogP contribution in [0.3, 0.4) is 0 Å². The van der Waals surface area contributed by atoms with Gasteiger partial charge in [0.25, 0.3) is 0 Å². The number of carbonyl (C=O) groups excluding carboxylic acids is 1. The first-order valence-corrected chi connectivity index (χ1v) is 4.12. The molecule has 0 unspecified atom stereocenters. The van der Waals surface area contributed by atoms with E-state index in [2.05, 4.69) is 0 Å². The second kappa shape index (κ2) is 4.60. The van der Waals surface area contributed by atoms with Crippen LogP contribution in [0, 0.1) is 5.82 Å². The minimum atomic E-state index is -0.349. The first-order valence-electron chi connectivity index (χ1n) is 4.12. The van der Waals surface area contributed by atoms with Crippen LogP contribution in [0.4, 0.5) is 4.39 Å². The molecule has 0 fully saturated rings. The van der Waals surface area contributed by atoms with Crippen molar-refractivity contribution in [2.75, 3.05) is 6.61 Å². The Morgan fingerprint density at radius 2 is 2.31 bits per heavy atom. The zero-order valence-electron chi connectivity index (χ0n) is 7.42. The summed E-state index contributed by atoms with van der Waals surface area (Å²) in [5.74, 6) is 0.104. The van der Waals surface area contributed by atoms with E-state index >= 15 is 0 Å². The van der Waals surface area contributed by atoms with E-state index in [9.17, 15) is 9.18 Å². The number of benzene rings is 1. The summed E-state index contributed by atoms with van der Waals surface area (Å²) in [5.41, 5.74) is 0.721. The highest BCUT2D eigenvalue weighted by Crippen LogP contribution is 2.19. The van der Waals surface area contributed by atoms with Crippen LogP contribution in [0.1, 0.15) is 12.5 Å². The lowest BCUT2D eigenvalue weighted by atomic mass is 10.1. The zero-order valence-corrected chi connectivity index (χ0v) is 7.42. The number of aldehydes is 1. The van der Waals surface area contributed by atoms with Crippen molar-refractivity contribution in [3.8, 4) is 5.75 Å². The molecule has 0 radical (unpaired) electrons. The Hall–Kier alpha value is -1.38. The SMILES string of the molecule is CCOc1cc(F)ccc1CC=O. The molecule has 0 atom stereocenters. The fraction of sp³-hybridized carbons (Fsp3) is 0.300. The van der Waals surface area contributed by atoms with Crippen molar-refractivity contribution in [1.29, 1.82) is 0 Å². The van der Waals surface area contributed by atoms with Gasteiger partial charge in [0, 0.05) is 18.1 Å². The predicted octanol–water partition coefficient (Wildman–Crippen LogP) is 1.97. The molecule has 3 heteroatoms. The minimum absolute atomic E-state index is 0.260. The van der Waals surface area contributed by atoms with E-state index < -0.39 is 0 Å². The summed E-state index contributed by atoms with van der Waals surface area (Å²) < 4.78 is 17.9. The first kappa shape index (κ1) is 9.71. The van der Waals surface area contributed by atoms with E-state index in [1.807, 2.05) is 6.92 Å². The smallest absolute Gasteiger partial charge is 0.126 e. The molecular formula is C10H11FO2. The standard InChI is InChI=1S/C10H11FO2/c1-2-13-10-7-9(11)4-3-8(10)5-6-12/h3-4,6-7H,2,5H2,1H3. The second-order valence-corrected chi connectivity index (χ2v) is 2.56. The largest absolute Gasteiger partial charge is 0.493 e. The van der Waals surface area contributed by atoms with Crippen LogP contribution < -0.4 is 4.74 Å². The van der Waals surface area contributed by atoms with Crippen molar-refractivity contribution in [3.63, 3.8) is 0 Å². The van der Waals surface area contributed by atoms with Gasteiger partial charge in [0.05, 0.1) is 6.61 Å². The maximum absolute atomic E-state index is 12.7. The summed E-state index contributed by atoms with van der Waals surface area (Å²) in [7, 11) is 0. The van der Waals surface area contributed by atoms with Crippen molar-refractivity contribution in [2.24, 2.45) is 0 Å². The van der Waals surface area contributed by atoms with E-state index in [-0.39, 0.29) is 12.2 Å². The van der Waals surface area contributed by atoms with Crippen LogP contribution >= 0.6 is 0 Å². The molecule has 0 aromatic heterocycles. The molecule has 70 valence electrons. The zero-order chi connectivity index (χ0) is 9.68. The van der Waals surface area contributed by atoms with E-state index in [0.717, 1.165) is 11.8 Å². The summed E-state index contributed by atoms with van der Waals surface area (Å²) in [6.07, 6.45) is 1.03. The fourth-order valence-electron chi connectivity index (χ4n) is 1.08. The van der Waals surface area contributed by atoms with Crippen LogP contribution in [0.25, 0.3) is 0 Å². The molecule has 0 aliphatic carbocycles. The minimum Gasteiger partial charge on any atom is -0.493 e. The van der Waals surface area contributed by atoms with Crippen LogP contribution in [-0.4, -0.2) is 12.9 Å². The van der Waals surface area contributed by atoms with E-state index in [1.54, 1.807) is 6.07 Å². The maximum atomic E-state index is 12.7. The van der Waals surface area contributed by atoms with Gasteiger partial charge in [-0.05, 0) is 13.0 Å². The quantitative estimate of drug-likeness (QED) is 0.665. The van der Waals surface area contributed by atoms with Gasteiger partial charge in [0.2, 0.25) is 0 Å². The van der Waals surface area contributed by atoms with Gasteiger partial charge in [-0.3, -0.25) is 0 Å². The van der Waals surface area contributed by atoms with Gasteiger partial charge in [-0.25, -0.2) is 4.39 Å². The summed E-state index contributed by atoms with van der Waals surface area (Å²) in [6, 6.07) is 4.18. The maximum Gasteiger partial charge on any atom is 0.126 e. The van der Waals surface area contributed by atoms with Crippen molar-refractivity contribution in [2.45, 2.75) is 13.3 Å². The number of carbonyl (C=O) groups is 1. The molecule has 1 aromatic rings. The van der Waals surface area contributed by atoms with Crippen molar-refractivity contribution in [1.82, 2.24) is 0 Å². The third kappa shape index (κ3) is 2.54. The van der Waals surface area contributed by atoms with Crippen molar-refractivity contribution < 1.29 is 13.9 Å². The molecule has 0 N–H and O–H groups in total. The lowest BCUT2D eigenvalue weighted by molar-refractivity contribution is -0.107. The molecule has 1 rings (SSSR count). The lowest BCUT2D eigenvalue weighted by Crippen LogP contribution is -1.98. The Morgan fingerprint density at radius 1 is 1.54 bits per heavy atom. The highest BCUT2D eigenvalue weighted by Gasteiger charge is 2.03. The molecule has 0 heterocycles. The van der Waals surface area contributed by atoms with Gasteiger partial charge >= 0.3 is 0 Å². The molecule has 0 saturated carbocycles. The monoisotopic (exact) mass is 182 g/mol. The fourth-order valence-corrected chi connectivity index (χ4v) is 1.08. The number of halogens is 1. The van der Waals surface area contributed by atoms with Crippen LogP contribution in [-0.2, 0) is 11.2 Å². The Balaban J connectivity index is 2.95. The summed E-state index contributed by atoms with van der Waals surface area (Å²) in [5, 5.41) is 0. The molecule has 0 spiro atoms. The topological polar surface area (TPSA) is 26.3 Å². The number of rotatable bonds is 4. The first-order chi connectivity index (χ1) is 6.27. The number of hydrogen-bond donors (Lipinski definition) is 0. The van der Waals surface area contributed by atoms with Gasteiger partial charge in [0.15, 0.2) is 0 Å². The molecular weight excluding hydrogens is 171 g/mol. The Labute approximate surface area is 76.3 Å². The van der Waals surface area contributed by atoms with Crippen molar-refractivity contribution >= 4 is 6.29 Å². The average molecular weight is 182 g/mol. The van der Waals surface area contributed by atoms with E-state index in [1.165, 1.54) is 12.1 Å². The number of ether oxygens (including phenoxy) is 1. The second-order valence-electron chi connectivity index (χ2n) is 2.56. The van der Waals surface area contributed by atoms with Gasteiger partial charge < -0.3 is 9.53 Å². The molecule has 0 saturated heterocycles. The molecule has 0 aliphatic heterocycles. The molecule has 0 aliphatic rings. The summed E-state index contributed by atoms with van der Waals surface area (Å²) >= 11 is 0. The van der Waals surface area contributed by atoms with Gasteiger partial charge in [-0.2, -0.15) is 0 Å². The summed E-state index contributed by atoms with van der Waals surface area (Å²) in [6.45, 7) is 2.28. The van der Waals surface area contributed by atoms with Crippen LogP contribution in [0.15, 0.2) is 18.2 Å². The molecule has 1 aromatic carbocycles. The number of hydrogen-bond acceptors (Lipinski definition) is 2.